The van der Waals surface area contributed by atoms with Crippen LogP contribution in [0.1, 0.15) is 22.3 Å². The highest BCUT2D eigenvalue weighted by Gasteiger charge is 2.16. The van der Waals surface area contributed by atoms with Crippen LogP contribution in [-0.4, -0.2) is 15.0 Å². The van der Waals surface area contributed by atoms with Crippen molar-refractivity contribution >= 4 is 5.82 Å². The lowest BCUT2D eigenvalue weighted by Gasteiger charge is -2.12. The van der Waals surface area contributed by atoms with E-state index in [1.54, 1.807) is 4.68 Å². The maximum absolute atomic E-state index is 6.32. The minimum atomic E-state index is 0.568. The van der Waals surface area contributed by atoms with Gasteiger partial charge in [0.05, 0.1) is 5.69 Å². The van der Waals surface area contributed by atoms with E-state index in [2.05, 4.69) is 62.3 Å². The van der Waals surface area contributed by atoms with Crippen molar-refractivity contribution in [2.75, 3.05) is 5.73 Å². The summed E-state index contributed by atoms with van der Waals surface area (Å²) in [5.74, 6) is 0.568. The first-order chi connectivity index (χ1) is 10.5. The monoisotopic (exact) mass is 292 g/mol. The number of hydrogen-bond donors (Lipinski definition) is 1. The highest BCUT2D eigenvalue weighted by molar-refractivity contribution is 5.71. The van der Waals surface area contributed by atoms with E-state index in [1.165, 1.54) is 11.1 Å². The van der Waals surface area contributed by atoms with Gasteiger partial charge in [0.1, 0.15) is 5.69 Å². The molecule has 0 radical (unpaired) electrons. The summed E-state index contributed by atoms with van der Waals surface area (Å²) in [6.07, 6.45) is 0. The fourth-order valence-electron chi connectivity index (χ4n) is 2.88. The van der Waals surface area contributed by atoms with Gasteiger partial charge in [-0.25, -0.2) is 0 Å². The van der Waals surface area contributed by atoms with Gasteiger partial charge in [-0.2, -0.15) is 4.68 Å². The van der Waals surface area contributed by atoms with Crippen molar-refractivity contribution in [2.45, 2.75) is 27.7 Å². The van der Waals surface area contributed by atoms with Crippen LogP contribution in [0, 0.1) is 27.7 Å². The number of aryl methyl sites for hydroxylation is 4. The summed E-state index contributed by atoms with van der Waals surface area (Å²) >= 11 is 0. The minimum Gasteiger partial charge on any atom is -0.382 e. The number of rotatable bonds is 2. The zero-order valence-corrected chi connectivity index (χ0v) is 13.4. The van der Waals surface area contributed by atoms with E-state index in [1.807, 2.05) is 12.1 Å². The largest absolute Gasteiger partial charge is 0.382 e. The van der Waals surface area contributed by atoms with Crippen molar-refractivity contribution in [2.24, 2.45) is 0 Å². The van der Waals surface area contributed by atoms with Crippen LogP contribution in [-0.2, 0) is 0 Å². The molecule has 0 atom stereocenters. The molecule has 4 heteroatoms. The second kappa shape index (κ2) is 5.30. The summed E-state index contributed by atoms with van der Waals surface area (Å²) in [5, 5.41) is 8.56. The van der Waals surface area contributed by atoms with E-state index in [-0.39, 0.29) is 0 Å². The molecule has 1 aromatic heterocycles. The molecule has 0 aliphatic rings. The van der Waals surface area contributed by atoms with E-state index in [9.17, 15) is 0 Å². The predicted molar refractivity (Wildman–Crippen MR) is 90.2 cm³/mol. The molecule has 3 aromatic rings. The molecule has 2 N–H and O–H groups in total. The molecule has 112 valence electrons. The molecule has 0 bridgehead atoms. The quantitative estimate of drug-likeness (QED) is 0.782. The van der Waals surface area contributed by atoms with Crippen LogP contribution in [0.2, 0.25) is 0 Å². The standard InChI is InChI=1S/C18H20N4/c1-11-5-7-15(8-6-11)16-18(19)22(21-20-16)17-13(3)9-12(2)10-14(17)4/h5-10H,19H2,1-4H3. The summed E-state index contributed by atoms with van der Waals surface area (Å²) in [5.41, 5.74) is 13.8. The van der Waals surface area contributed by atoms with Gasteiger partial charge in [-0.05, 0) is 38.8 Å². The zero-order chi connectivity index (χ0) is 15.9. The van der Waals surface area contributed by atoms with Gasteiger partial charge in [0.15, 0.2) is 5.82 Å². The van der Waals surface area contributed by atoms with Gasteiger partial charge in [-0.1, -0.05) is 52.7 Å². The van der Waals surface area contributed by atoms with Gasteiger partial charge in [-0.15, -0.1) is 5.10 Å². The number of benzene rings is 2. The third-order valence-corrected chi connectivity index (χ3v) is 3.88. The van der Waals surface area contributed by atoms with Gasteiger partial charge in [0.2, 0.25) is 0 Å². The maximum atomic E-state index is 6.32. The van der Waals surface area contributed by atoms with E-state index >= 15 is 0 Å². The Labute approximate surface area is 130 Å². The summed E-state index contributed by atoms with van der Waals surface area (Å²) in [7, 11) is 0. The highest BCUT2D eigenvalue weighted by atomic mass is 15.5. The lowest BCUT2D eigenvalue weighted by molar-refractivity contribution is 0.800. The normalized spacial score (nSPS) is 10.9. The van der Waals surface area contributed by atoms with Crippen molar-refractivity contribution in [1.82, 2.24) is 15.0 Å². The molecule has 0 aliphatic heterocycles. The third kappa shape index (κ3) is 2.37. The first-order valence-corrected chi connectivity index (χ1v) is 7.34. The zero-order valence-electron chi connectivity index (χ0n) is 13.4. The van der Waals surface area contributed by atoms with Gasteiger partial charge in [0.25, 0.3) is 0 Å². The van der Waals surface area contributed by atoms with Crippen molar-refractivity contribution < 1.29 is 0 Å². The first kappa shape index (κ1) is 14.3. The highest BCUT2D eigenvalue weighted by Crippen LogP contribution is 2.28. The van der Waals surface area contributed by atoms with E-state index in [4.69, 9.17) is 5.73 Å². The van der Waals surface area contributed by atoms with Crippen LogP contribution in [0.15, 0.2) is 36.4 Å². The van der Waals surface area contributed by atoms with Crippen molar-refractivity contribution in [3.8, 4) is 16.9 Å². The Balaban J connectivity index is 2.14. The van der Waals surface area contributed by atoms with Crippen LogP contribution in [0.5, 0.6) is 0 Å². The summed E-state index contributed by atoms with van der Waals surface area (Å²) < 4.78 is 1.74. The molecule has 3 rings (SSSR count). The number of aromatic nitrogens is 3. The molecule has 0 fully saturated rings. The Morgan fingerprint density at radius 2 is 1.45 bits per heavy atom. The molecular formula is C18H20N4. The fraction of sp³-hybridized carbons (Fsp3) is 0.222. The number of anilines is 1. The van der Waals surface area contributed by atoms with Crippen LogP contribution < -0.4 is 5.73 Å². The maximum Gasteiger partial charge on any atom is 0.155 e. The smallest absolute Gasteiger partial charge is 0.155 e. The lowest BCUT2D eigenvalue weighted by atomic mass is 10.0. The van der Waals surface area contributed by atoms with E-state index in [0.29, 0.717) is 5.82 Å². The number of nitrogens with two attached hydrogens (primary N) is 1. The van der Waals surface area contributed by atoms with Gasteiger partial charge in [0, 0.05) is 5.56 Å². The Kier molecular flexibility index (Phi) is 3.45. The number of nitrogens with zero attached hydrogens (tertiary/aromatic N) is 3. The molecule has 4 nitrogen and oxygen atoms in total. The van der Waals surface area contributed by atoms with Gasteiger partial charge in [-0.3, -0.25) is 0 Å². The number of nitrogen functional groups attached to an aromatic ring is 1. The Morgan fingerprint density at radius 1 is 0.864 bits per heavy atom. The molecule has 22 heavy (non-hydrogen) atoms. The fourth-order valence-corrected chi connectivity index (χ4v) is 2.88. The molecule has 0 spiro atoms. The van der Waals surface area contributed by atoms with Crippen LogP contribution >= 0.6 is 0 Å². The second-order valence-corrected chi connectivity index (χ2v) is 5.85. The van der Waals surface area contributed by atoms with Crippen LogP contribution in [0.25, 0.3) is 16.9 Å². The Bertz CT molecular complexity index is 806. The molecule has 0 aliphatic carbocycles. The van der Waals surface area contributed by atoms with Gasteiger partial charge < -0.3 is 5.73 Å². The average Bonchev–Trinajstić information content (AvgIpc) is 2.81. The molecule has 0 amide bonds. The van der Waals surface area contributed by atoms with Gasteiger partial charge >= 0.3 is 0 Å². The minimum absolute atomic E-state index is 0.568. The molecule has 0 saturated heterocycles. The molecular weight excluding hydrogens is 272 g/mol. The molecule has 2 aromatic carbocycles. The van der Waals surface area contributed by atoms with Crippen molar-refractivity contribution in [3.05, 3.63) is 58.7 Å². The summed E-state index contributed by atoms with van der Waals surface area (Å²) in [4.78, 5) is 0. The Hall–Kier alpha value is -2.62. The molecule has 1 heterocycles. The number of hydrogen-bond acceptors (Lipinski definition) is 3. The Morgan fingerprint density at radius 3 is 2.05 bits per heavy atom. The first-order valence-electron chi connectivity index (χ1n) is 7.34. The summed E-state index contributed by atoms with van der Waals surface area (Å²) in [6, 6.07) is 12.4. The summed E-state index contributed by atoms with van der Waals surface area (Å²) in [6.45, 7) is 8.29. The van der Waals surface area contributed by atoms with Crippen molar-refractivity contribution in [3.63, 3.8) is 0 Å². The lowest BCUT2D eigenvalue weighted by Crippen LogP contribution is -2.06. The predicted octanol–water partition coefficient (Wildman–Crippen LogP) is 3.75. The molecule has 0 saturated carbocycles. The SMILES string of the molecule is Cc1ccc(-c2nnn(-c3c(C)cc(C)cc3C)c2N)cc1. The molecule has 0 unspecified atom stereocenters. The topological polar surface area (TPSA) is 56.7 Å². The van der Waals surface area contributed by atoms with E-state index in [0.717, 1.165) is 28.1 Å². The second-order valence-electron chi connectivity index (χ2n) is 5.85. The third-order valence-electron chi connectivity index (χ3n) is 3.88. The average molecular weight is 292 g/mol. The van der Waals surface area contributed by atoms with E-state index < -0.39 is 0 Å². The van der Waals surface area contributed by atoms with Crippen LogP contribution in [0.4, 0.5) is 5.82 Å². The van der Waals surface area contributed by atoms with Crippen molar-refractivity contribution in [1.29, 1.82) is 0 Å². The van der Waals surface area contributed by atoms with Crippen LogP contribution in [0.3, 0.4) is 0 Å².